The molecule has 0 saturated carbocycles. The van der Waals surface area contributed by atoms with Crippen molar-refractivity contribution in [2.24, 2.45) is 0 Å². The average Bonchev–Trinajstić information content (AvgIpc) is 3.09. The Morgan fingerprint density at radius 1 is 1.15 bits per heavy atom. The van der Waals surface area contributed by atoms with Crippen molar-refractivity contribution in [1.29, 1.82) is 0 Å². The second-order valence-corrected chi connectivity index (χ2v) is 6.02. The number of aromatic carboxylic acids is 1. The lowest BCUT2D eigenvalue weighted by atomic mass is 10.2. The lowest BCUT2D eigenvalue weighted by Crippen LogP contribution is -2.30. The molecule has 2 N–H and O–H groups in total. The molecule has 7 heteroatoms. The van der Waals surface area contributed by atoms with E-state index in [1.165, 1.54) is 23.9 Å². The largest absolute Gasteiger partial charge is 0.477 e. The number of pyridine rings is 1. The number of nitrogens with zero attached hydrogens (tertiary/aromatic N) is 2. The van der Waals surface area contributed by atoms with Crippen molar-refractivity contribution in [3.8, 4) is 0 Å². The fourth-order valence-electron chi connectivity index (χ4n) is 2.93. The third kappa shape index (κ3) is 3.88. The van der Waals surface area contributed by atoms with E-state index in [-0.39, 0.29) is 23.1 Å². The molecule has 134 valence electrons. The SMILES string of the molecule is O=C(NCCCC(=O)N1CCc2ccccc21)c1ccc(C(=O)O)nc1. The van der Waals surface area contributed by atoms with Crippen molar-refractivity contribution in [2.45, 2.75) is 19.3 Å². The van der Waals surface area contributed by atoms with Gasteiger partial charge in [-0.05, 0) is 36.6 Å². The van der Waals surface area contributed by atoms with Crippen LogP contribution in [0.15, 0.2) is 42.6 Å². The minimum absolute atomic E-state index is 0.0525. The smallest absolute Gasteiger partial charge is 0.354 e. The number of nitrogens with one attached hydrogen (secondary N) is 1. The molecule has 1 aliphatic heterocycles. The monoisotopic (exact) mass is 353 g/mol. The van der Waals surface area contributed by atoms with E-state index in [0.717, 1.165) is 12.1 Å². The van der Waals surface area contributed by atoms with Crippen LogP contribution in [0.2, 0.25) is 0 Å². The number of fused-ring (bicyclic) bond motifs is 1. The molecular weight excluding hydrogens is 334 g/mol. The van der Waals surface area contributed by atoms with E-state index < -0.39 is 5.97 Å². The summed E-state index contributed by atoms with van der Waals surface area (Å²) in [7, 11) is 0. The number of para-hydroxylation sites is 1. The summed E-state index contributed by atoms with van der Waals surface area (Å²) in [6.45, 7) is 1.06. The van der Waals surface area contributed by atoms with Gasteiger partial charge in [0.25, 0.3) is 5.91 Å². The van der Waals surface area contributed by atoms with E-state index in [4.69, 9.17) is 5.11 Å². The number of hydrogen-bond acceptors (Lipinski definition) is 4. The number of carboxylic acids is 1. The minimum Gasteiger partial charge on any atom is -0.477 e. The predicted molar refractivity (Wildman–Crippen MR) is 95.3 cm³/mol. The van der Waals surface area contributed by atoms with Crippen LogP contribution in [-0.2, 0) is 11.2 Å². The van der Waals surface area contributed by atoms with Crippen LogP contribution in [0.25, 0.3) is 0 Å². The van der Waals surface area contributed by atoms with Crippen LogP contribution in [0.5, 0.6) is 0 Å². The Balaban J connectivity index is 1.45. The van der Waals surface area contributed by atoms with E-state index in [2.05, 4.69) is 10.3 Å². The van der Waals surface area contributed by atoms with Crippen LogP contribution in [0.1, 0.15) is 39.3 Å². The Morgan fingerprint density at radius 3 is 2.69 bits per heavy atom. The van der Waals surface area contributed by atoms with Gasteiger partial charge in [0.2, 0.25) is 5.91 Å². The number of anilines is 1. The van der Waals surface area contributed by atoms with Crippen LogP contribution < -0.4 is 10.2 Å². The van der Waals surface area contributed by atoms with Crippen LogP contribution in [0.4, 0.5) is 5.69 Å². The van der Waals surface area contributed by atoms with Gasteiger partial charge in [-0.15, -0.1) is 0 Å². The lowest BCUT2D eigenvalue weighted by Gasteiger charge is -2.17. The second kappa shape index (κ2) is 7.77. The summed E-state index contributed by atoms with van der Waals surface area (Å²) >= 11 is 0. The molecule has 2 amide bonds. The molecule has 0 bridgehead atoms. The normalized spacial score (nSPS) is 12.5. The molecule has 1 aliphatic rings. The molecule has 1 aromatic heterocycles. The van der Waals surface area contributed by atoms with Crippen LogP contribution >= 0.6 is 0 Å². The summed E-state index contributed by atoms with van der Waals surface area (Å²) in [5.41, 5.74) is 2.34. The molecule has 0 atom stereocenters. The summed E-state index contributed by atoms with van der Waals surface area (Å²) in [6, 6.07) is 10.6. The van der Waals surface area contributed by atoms with Crippen molar-refractivity contribution >= 4 is 23.5 Å². The molecule has 3 rings (SSSR count). The van der Waals surface area contributed by atoms with E-state index >= 15 is 0 Å². The Hall–Kier alpha value is -3.22. The summed E-state index contributed by atoms with van der Waals surface area (Å²) in [5.74, 6) is -1.43. The highest BCUT2D eigenvalue weighted by atomic mass is 16.4. The third-order valence-electron chi connectivity index (χ3n) is 4.29. The highest BCUT2D eigenvalue weighted by Crippen LogP contribution is 2.27. The zero-order valence-corrected chi connectivity index (χ0v) is 14.1. The first kappa shape index (κ1) is 17.6. The zero-order valence-electron chi connectivity index (χ0n) is 14.1. The molecule has 26 heavy (non-hydrogen) atoms. The maximum absolute atomic E-state index is 12.4. The molecule has 0 fully saturated rings. The van der Waals surface area contributed by atoms with Gasteiger partial charge >= 0.3 is 5.97 Å². The number of benzene rings is 1. The quantitative estimate of drug-likeness (QED) is 0.773. The van der Waals surface area contributed by atoms with Gasteiger partial charge in [0.05, 0.1) is 5.56 Å². The highest BCUT2D eigenvalue weighted by Gasteiger charge is 2.23. The van der Waals surface area contributed by atoms with Crippen molar-refractivity contribution < 1.29 is 19.5 Å². The minimum atomic E-state index is -1.14. The maximum atomic E-state index is 12.4. The van der Waals surface area contributed by atoms with Gasteiger partial charge < -0.3 is 15.3 Å². The zero-order chi connectivity index (χ0) is 18.5. The van der Waals surface area contributed by atoms with Gasteiger partial charge in [-0.25, -0.2) is 9.78 Å². The summed E-state index contributed by atoms with van der Waals surface area (Å²) in [4.78, 5) is 40.6. The van der Waals surface area contributed by atoms with Gasteiger partial charge in [0.15, 0.2) is 0 Å². The van der Waals surface area contributed by atoms with Gasteiger partial charge in [-0.3, -0.25) is 9.59 Å². The number of carbonyl (C=O) groups excluding carboxylic acids is 2. The number of carbonyl (C=O) groups is 3. The molecule has 0 saturated heterocycles. The molecule has 0 unspecified atom stereocenters. The van der Waals surface area contributed by atoms with Gasteiger partial charge in [-0.2, -0.15) is 0 Å². The molecule has 0 radical (unpaired) electrons. The number of rotatable bonds is 6. The van der Waals surface area contributed by atoms with Crippen LogP contribution in [0.3, 0.4) is 0 Å². The van der Waals surface area contributed by atoms with Crippen molar-refractivity contribution in [3.63, 3.8) is 0 Å². The first-order chi connectivity index (χ1) is 12.6. The first-order valence-corrected chi connectivity index (χ1v) is 8.42. The van der Waals surface area contributed by atoms with Gasteiger partial charge in [-0.1, -0.05) is 18.2 Å². The lowest BCUT2D eigenvalue weighted by molar-refractivity contribution is -0.118. The maximum Gasteiger partial charge on any atom is 0.354 e. The topological polar surface area (TPSA) is 99.6 Å². The molecule has 7 nitrogen and oxygen atoms in total. The van der Waals surface area contributed by atoms with Crippen molar-refractivity contribution in [2.75, 3.05) is 18.0 Å². The Morgan fingerprint density at radius 2 is 1.96 bits per heavy atom. The fourth-order valence-corrected chi connectivity index (χ4v) is 2.93. The summed E-state index contributed by atoms with van der Waals surface area (Å²) in [5, 5.41) is 11.5. The molecule has 0 aliphatic carbocycles. The fraction of sp³-hybridized carbons (Fsp3) is 0.263. The Kier molecular flexibility index (Phi) is 5.26. The molecule has 2 aromatic rings. The predicted octanol–water partition coefficient (Wildman–Crippen LogP) is 1.88. The number of carboxylic acid groups (broad SMARTS) is 1. The van der Waals surface area contributed by atoms with Gasteiger partial charge in [0, 0.05) is 31.4 Å². The molecule has 1 aromatic carbocycles. The molecular formula is C19H19N3O4. The molecule has 0 spiro atoms. The first-order valence-electron chi connectivity index (χ1n) is 8.42. The number of hydrogen-bond donors (Lipinski definition) is 2. The van der Waals surface area contributed by atoms with E-state index in [1.54, 1.807) is 4.90 Å². The van der Waals surface area contributed by atoms with Gasteiger partial charge in [0.1, 0.15) is 5.69 Å². The average molecular weight is 353 g/mol. The highest BCUT2D eigenvalue weighted by molar-refractivity contribution is 5.96. The van der Waals surface area contributed by atoms with E-state index in [0.29, 0.717) is 25.9 Å². The molecule has 2 heterocycles. The Bertz CT molecular complexity index is 833. The summed E-state index contributed by atoms with van der Waals surface area (Å²) < 4.78 is 0. The van der Waals surface area contributed by atoms with Crippen LogP contribution in [0, 0.1) is 0 Å². The summed E-state index contributed by atoms with van der Waals surface area (Å²) in [6.07, 6.45) is 2.98. The van der Waals surface area contributed by atoms with Crippen molar-refractivity contribution in [1.82, 2.24) is 10.3 Å². The van der Waals surface area contributed by atoms with E-state index in [1.807, 2.05) is 24.3 Å². The standard InChI is InChI=1S/C19H19N3O4/c23-17(22-11-9-13-4-1-2-5-16(13)22)6-3-10-20-18(24)14-7-8-15(19(25)26)21-12-14/h1-2,4-5,7-8,12H,3,6,9-11H2,(H,20,24)(H,25,26). The van der Waals surface area contributed by atoms with Crippen molar-refractivity contribution in [3.05, 3.63) is 59.4 Å². The van der Waals surface area contributed by atoms with Crippen LogP contribution in [-0.4, -0.2) is 41.0 Å². The Labute approximate surface area is 150 Å². The number of aromatic nitrogens is 1. The third-order valence-corrected chi connectivity index (χ3v) is 4.29. The van der Waals surface area contributed by atoms with E-state index in [9.17, 15) is 14.4 Å². The number of amides is 2. The second-order valence-electron chi connectivity index (χ2n) is 6.02.